The van der Waals surface area contributed by atoms with E-state index in [-0.39, 0.29) is 0 Å². The van der Waals surface area contributed by atoms with E-state index < -0.39 is 6.10 Å². The average molecular weight is 202 g/mol. The number of hydrogen-bond donors (Lipinski definition) is 1. The van der Waals surface area contributed by atoms with E-state index in [2.05, 4.69) is 5.10 Å². The maximum absolute atomic E-state index is 9.95. The summed E-state index contributed by atoms with van der Waals surface area (Å²) in [5.41, 5.74) is 2.89. The van der Waals surface area contributed by atoms with Gasteiger partial charge in [0.05, 0.1) is 11.7 Å². The maximum Gasteiger partial charge on any atom is 0.101 e. The van der Waals surface area contributed by atoms with Crippen LogP contribution >= 0.6 is 0 Å². The summed E-state index contributed by atoms with van der Waals surface area (Å²) in [7, 11) is 0. The molecule has 1 N–H and O–H groups in total. The largest absolute Gasteiger partial charge is 0.384 e. The van der Waals surface area contributed by atoms with E-state index in [1.54, 1.807) is 10.7 Å². The van der Waals surface area contributed by atoms with E-state index in [0.717, 1.165) is 16.7 Å². The van der Waals surface area contributed by atoms with Gasteiger partial charge in [0.2, 0.25) is 0 Å². The number of aliphatic hydroxyl groups is 1. The highest BCUT2D eigenvalue weighted by Gasteiger charge is 2.10. The molecular formula is C12H14N2O. The first-order valence-corrected chi connectivity index (χ1v) is 4.94. The van der Waals surface area contributed by atoms with Crippen molar-refractivity contribution >= 4 is 5.52 Å². The van der Waals surface area contributed by atoms with Crippen molar-refractivity contribution < 1.29 is 5.11 Å². The van der Waals surface area contributed by atoms with Crippen LogP contribution in [0.1, 0.15) is 25.5 Å². The third kappa shape index (κ3) is 1.92. The molecule has 0 radical (unpaired) electrons. The van der Waals surface area contributed by atoms with Gasteiger partial charge in [0, 0.05) is 11.8 Å². The molecule has 1 unspecified atom stereocenters. The Morgan fingerprint density at radius 3 is 3.00 bits per heavy atom. The van der Waals surface area contributed by atoms with Crippen LogP contribution in [0.5, 0.6) is 0 Å². The van der Waals surface area contributed by atoms with Crippen molar-refractivity contribution in [3.63, 3.8) is 0 Å². The number of allylic oxidation sites excluding steroid dienone is 1. The number of fused-ring (bicyclic) bond motifs is 1. The van der Waals surface area contributed by atoms with Gasteiger partial charge < -0.3 is 5.11 Å². The summed E-state index contributed by atoms with van der Waals surface area (Å²) in [6.07, 6.45) is 4.83. The van der Waals surface area contributed by atoms with Crippen LogP contribution in [-0.2, 0) is 0 Å². The summed E-state index contributed by atoms with van der Waals surface area (Å²) in [6, 6.07) is 5.80. The second-order valence-electron chi connectivity index (χ2n) is 3.82. The average Bonchev–Trinajstić information content (AvgIpc) is 2.59. The third-order valence-electron chi connectivity index (χ3n) is 2.27. The quantitative estimate of drug-likeness (QED) is 0.759. The molecule has 3 nitrogen and oxygen atoms in total. The zero-order chi connectivity index (χ0) is 10.8. The highest BCUT2D eigenvalue weighted by atomic mass is 16.3. The summed E-state index contributed by atoms with van der Waals surface area (Å²) >= 11 is 0. The van der Waals surface area contributed by atoms with E-state index in [0.29, 0.717) is 0 Å². The van der Waals surface area contributed by atoms with Crippen LogP contribution in [0.15, 0.2) is 42.2 Å². The normalized spacial score (nSPS) is 12.7. The van der Waals surface area contributed by atoms with Crippen LogP contribution in [0.2, 0.25) is 0 Å². The second kappa shape index (κ2) is 3.87. The summed E-state index contributed by atoms with van der Waals surface area (Å²) in [5.74, 6) is 0. The van der Waals surface area contributed by atoms with Crippen LogP contribution in [0, 0.1) is 0 Å². The molecule has 0 amide bonds. The molecule has 1 atom stereocenters. The molecule has 0 spiro atoms. The first-order chi connectivity index (χ1) is 7.18. The number of aromatic nitrogens is 2. The molecule has 0 aliphatic rings. The van der Waals surface area contributed by atoms with Gasteiger partial charge in [-0.15, -0.1) is 0 Å². The Bertz CT molecular complexity index is 495. The minimum Gasteiger partial charge on any atom is -0.384 e. The van der Waals surface area contributed by atoms with Crippen LogP contribution in [0.4, 0.5) is 0 Å². The molecular weight excluding hydrogens is 188 g/mol. The van der Waals surface area contributed by atoms with Crippen molar-refractivity contribution in [2.45, 2.75) is 20.0 Å². The van der Waals surface area contributed by atoms with Crippen LogP contribution in [0.25, 0.3) is 5.52 Å². The fourth-order valence-corrected chi connectivity index (χ4v) is 1.59. The van der Waals surface area contributed by atoms with Gasteiger partial charge in [0.1, 0.15) is 6.10 Å². The predicted molar refractivity (Wildman–Crippen MR) is 59.6 cm³/mol. The molecule has 0 saturated carbocycles. The topological polar surface area (TPSA) is 37.5 Å². The van der Waals surface area contributed by atoms with Gasteiger partial charge in [-0.1, -0.05) is 17.7 Å². The zero-order valence-corrected chi connectivity index (χ0v) is 8.88. The van der Waals surface area contributed by atoms with E-state index >= 15 is 0 Å². The molecule has 3 heteroatoms. The molecule has 2 aromatic rings. The lowest BCUT2D eigenvalue weighted by atomic mass is 10.1. The molecule has 0 aromatic carbocycles. The van der Waals surface area contributed by atoms with Gasteiger partial charge in [-0.2, -0.15) is 5.10 Å². The van der Waals surface area contributed by atoms with Crippen molar-refractivity contribution in [2.24, 2.45) is 0 Å². The van der Waals surface area contributed by atoms with Gasteiger partial charge in [-0.05, 0) is 26.0 Å². The monoisotopic (exact) mass is 202 g/mol. The fourth-order valence-electron chi connectivity index (χ4n) is 1.59. The Kier molecular flexibility index (Phi) is 2.56. The zero-order valence-electron chi connectivity index (χ0n) is 8.88. The molecule has 78 valence electrons. The fraction of sp³-hybridized carbons (Fsp3) is 0.250. The molecule has 0 saturated heterocycles. The lowest BCUT2D eigenvalue weighted by Crippen LogP contribution is -1.93. The molecule has 15 heavy (non-hydrogen) atoms. The minimum atomic E-state index is -0.574. The number of rotatable bonds is 2. The van der Waals surface area contributed by atoms with Crippen molar-refractivity contribution in [1.29, 1.82) is 0 Å². The molecule has 0 bridgehead atoms. The van der Waals surface area contributed by atoms with Crippen LogP contribution < -0.4 is 0 Å². The first-order valence-electron chi connectivity index (χ1n) is 4.94. The highest BCUT2D eigenvalue weighted by molar-refractivity contribution is 5.55. The van der Waals surface area contributed by atoms with Crippen LogP contribution in [-0.4, -0.2) is 14.7 Å². The van der Waals surface area contributed by atoms with E-state index in [9.17, 15) is 5.11 Å². The Labute approximate surface area is 88.7 Å². The van der Waals surface area contributed by atoms with Gasteiger partial charge in [0.25, 0.3) is 0 Å². The molecule has 0 aliphatic carbocycles. The highest BCUT2D eigenvalue weighted by Crippen LogP contribution is 2.20. The number of hydrogen-bond acceptors (Lipinski definition) is 2. The Morgan fingerprint density at radius 2 is 2.27 bits per heavy atom. The summed E-state index contributed by atoms with van der Waals surface area (Å²) in [4.78, 5) is 0. The Morgan fingerprint density at radius 1 is 1.47 bits per heavy atom. The molecule has 2 heterocycles. The third-order valence-corrected chi connectivity index (χ3v) is 2.27. The lowest BCUT2D eigenvalue weighted by Gasteiger charge is -2.04. The van der Waals surface area contributed by atoms with E-state index in [1.807, 2.05) is 44.3 Å². The SMILES string of the molecule is CC(C)=CC(O)c1cnn2ccccc12. The van der Waals surface area contributed by atoms with E-state index in [4.69, 9.17) is 0 Å². The smallest absolute Gasteiger partial charge is 0.101 e. The maximum atomic E-state index is 9.95. The number of pyridine rings is 1. The Balaban J connectivity index is 2.48. The summed E-state index contributed by atoms with van der Waals surface area (Å²) < 4.78 is 1.76. The van der Waals surface area contributed by atoms with Gasteiger partial charge in [-0.25, -0.2) is 4.52 Å². The standard InChI is InChI=1S/C12H14N2O/c1-9(2)7-12(15)10-8-13-14-6-4-3-5-11(10)14/h3-8,12,15H,1-2H3. The molecule has 0 aliphatic heterocycles. The van der Waals surface area contributed by atoms with Crippen molar-refractivity contribution in [3.05, 3.63) is 47.8 Å². The Hall–Kier alpha value is -1.61. The van der Waals surface area contributed by atoms with Gasteiger partial charge in [0.15, 0.2) is 0 Å². The molecule has 2 aromatic heterocycles. The van der Waals surface area contributed by atoms with Crippen LogP contribution in [0.3, 0.4) is 0 Å². The van der Waals surface area contributed by atoms with Gasteiger partial charge >= 0.3 is 0 Å². The number of nitrogens with zero attached hydrogens (tertiary/aromatic N) is 2. The van der Waals surface area contributed by atoms with Crippen molar-refractivity contribution in [1.82, 2.24) is 9.61 Å². The molecule has 2 rings (SSSR count). The van der Waals surface area contributed by atoms with Crippen molar-refractivity contribution in [2.75, 3.05) is 0 Å². The van der Waals surface area contributed by atoms with E-state index in [1.165, 1.54) is 0 Å². The first kappa shape index (κ1) is 9.93. The minimum absolute atomic E-state index is 0.574. The molecule has 0 fully saturated rings. The predicted octanol–water partition coefficient (Wildman–Crippen LogP) is 2.33. The number of aliphatic hydroxyl groups excluding tert-OH is 1. The van der Waals surface area contributed by atoms with Gasteiger partial charge in [-0.3, -0.25) is 0 Å². The summed E-state index contributed by atoms with van der Waals surface area (Å²) in [6.45, 7) is 3.93. The second-order valence-corrected chi connectivity index (χ2v) is 3.82. The van der Waals surface area contributed by atoms with Crippen molar-refractivity contribution in [3.8, 4) is 0 Å². The lowest BCUT2D eigenvalue weighted by molar-refractivity contribution is 0.229. The summed E-state index contributed by atoms with van der Waals surface area (Å²) in [5, 5.41) is 14.1.